The molecular weight excluding hydrogens is 188 g/mol. The predicted molar refractivity (Wildman–Crippen MR) is 64.1 cm³/mol. The second-order valence-corrected chi connectivity index (χ2v) is 10.5. The third-order valence-corrected chi connectivity index (χ3v) is 5.90. The maximum absolute atomic E-state index is 9.25. The highest BCUT2D eigenvalue weighted by molar-refractivity contribution is 6.77. The summed E-state index contributed by atoms with van der Waals surface area (Å²) in [7, 11) is -1.16. The molecule has 0 spiro atoms. The lowest BCUT2D eigenvalue weighted by molar-refractivity contribution is 0.280. The molecule has 0 aliphatic heterocycles. The van der Waals surface area contributed by atoms with Crippen molar-refractivity contribution in [1.29, 1.82) is 0 Å². The van der Waals surface area contributed by atoms with E-state index in [-0.39, 0.29) is 6.61 Å². The number of hydrogen-bond acceptors (Lipinski definition) is 1. The molecule has 1 N–H and O–H groups in total. The summed E-state index contributed by atoms with van der Waals surface area (Å²) in [6.45, 7) is 9.54. The van der Waals surface area contributed by atoms with E-state index in [1.807, 2.05) is 12.1 Å². The van der Waals surface area contributed by atoms with Gasteiger partial charge in [0.15, 0.2) is 0 Å². The van der Waals surface area contributed by atoms with E-state index in [1.165, 1.54) is 5.56 Å². The van der Waals surface area contributed by atoms with Gasteiger partial charge in [0.1, 0.15) is 0 Å². The van der Waals surface area contributed by atoms with Gasteiger partial charge < -0.3 is 5.11 Å². The zero-order chi connectivity index (χ0) is 10.8. The van der Waals surface area contributed by atoms with Crippen molar-refractivity contribution in [3.8, 4) is 0 Å². The molecule has 1 nitrogen and oxygen atoms in total. The van der Waals surface area contributed by atoms with Crippen molar-refractivity contribution in [1.82, 2.24) is 0 Å². The van der Waals surface area contributed by atoms with E-state index in [9.17, 15) is 5.11 Å². The molecule has 1 atom stereocenters. The van der Waals surface area contributed by atoms with Crippen molar-refractivity contribution in [2.75, 3.05) is 0 Å². The molecule has 1 aromatic carbocycles. The second-order valence-electron chi connectivity index (χ2n) is 4.94. The number of hydrogen-bond donors (Lipinski definition) is 1. The smallest absolute Gasteiger partial charge is 0.0684 e. The van der Waals surface area contributed by atoms with Gasteiger partial charge in [0.05, 0.1) is 14.7 Å². The van der Waals surface area contributed by atoms with Crippen LogP contribution in [0.5, 0.6) is 0 Å². The van der Waals surface area contributed by atoms with Crippen molar-refractivity contribution in [2.45, 2.75) is 38.7 Å². The van der Waals surface area contributed by atoms with E-state index >= 15 is 0 Å². The standard InChI is InChI=1S/C12H20OSi/c1-10(14(2,3)4)12-8-6-5-7-11(12)9-13/h5-8,10,13H,9H2,1-4H3. The van der Waals surface area contributed by atoms with E-state index in [0.29, 0.717) is 5.54 Å². The van der Waals surface area contributed by atoms with E-state index < -0.39 is 8.07 Å². The van der Waals surface area contributed by atoms with Gasteiger partial charge in [0.25, 0.3) is 0 Å². The molecule has 0 aliphatic carbocycles. The summed E-state index contributed by atoms with van der Waals surface area (Å²) in [6.07, 6.45) is 0. The van der Waals surface area contributed by atoms with Gasteiger partial charge in [0, 0.05) is 0 Å². The quantitative estimate of drug-likeness (QED) is 0.757. The van der Waals surface area contributed by atoms with Crippen LogP contribution in [-0.2, 0) is 6.61 Å². The summed E-state index contributed by atoms with van der Waals surface area (Å²) in [5.41, 5.74) is 3.02. The maximum atomic E-state index is 9.25. The third kappa shape index (κ3) is 2.46. The highest BCUT2D eigenvalue weighted by atomic mass is 28.3. The summed E-state index contributed by atoms with van der Waals surface area (Å²) in [6, 6.07) is 8.22. The summed E-state index contributed by atoms with van der Waals surface area (Å²) in [5.74, 6) is 0. The molecule has 1 unspecified atom stereocenters. The van der Waals surface area contributed by atoms with Crippen molar-refractivity contribution < 1.29 is 5.11 Å². The number of benzene rings is 1. The first-order valence-electron chi connectivity index (χ1n) is 5.15. The van der Waals surface area contributed by atoms with Crippen molar-refractivity contribution in [3.05, 3.63) is 35.4 Å². The van der Waals surface area contributed by atoms with Crippen LogP contribution in [-0.4, -0.2) is 13.2 Å². The summed E-state index contributed by atoms with van der Waals surface area (Å²) in [5, 5.41) is 9.25. The SMILES string of the molecule is CC(c1ccccc1CO)[Si](C)(C)C. The second kappa shape index (κ2) is 4.28. The van der Waals surface area contributed by atoms with Crippen LogP contribution in [0.1, 0.15) is 23.6 Å². The fourth-order valence-electron chi connectivity index (χ4n) is 1.57. The zero-order valence-corrected chi connectivity index (χ0v) is 10.5. The van der Waals surface area contributed by atoms with E-state index in [0.717, 1.165) is 5.56 Å². The van der Waals surface area contributed by atoms with Crippen LogP contribution in [0.2, 0.25) is 19.6 Å². The third-order valence-electron chi connectivity index (χ3n) is 2.99. The van der Waals surface area contributed by atoms with Gasteiger partial charge in [-0.05, 0) is 16.7 Å². The Kier molecular flexibility index (Phi) is 3.51. The highest BCUT2D eigenvalue weighted by Crippen LogP contribution is 2.28. The van der Waals surface area contributed by atoms with E-state index in [1.54, 1.807) is 0 Å². The van der Waals surface area contributed by atoms with Gasteiger partial charge in [-0.15, -0.1) is 0 Å². The molecule has 0 heterocycles. The predicted octanol–water partition coefficient (Wildman–Crippen LogP) is 3.16. The van der Waals surface area contributed by atoms with E-state index in [4.69, 9.17) is 0 Å². The Labute approximate surface area is 87.8 Å². The van der Waals surface area contributed by atoms with E-state index in [2.05, 4.69) is 38.7 Å². The maximum Gasteiger partial charge on any atom is 0.0684 e. The number of aliphatic hydroxyl groups is 1. The Morgan fingerprint density at radius 3 is 2.29 bits per heavy atom. The first kappa shape index (κ1) is 11.5. The first-order valence-corrected chi connectivity index (χ1v) is 8.73. The first-order chi connectivity index (χ1) is 6.46. The summed E-state index contributed by atoms with van der Waals surface area (Å²) in [4.78, 5) is 0. The van der Waals surface area contributed by atoms with Gasteiger partial charge in [-0.25, -0.2) is 0 Å². The van der Waals surface area contributed by atoms with Crippen LogP contribution in [0.4, 0.5) is 0 Å². The fraction of sp³-hybridized carbons (Fsp3) is 0.500. The largest absolute Gasteiger partial charge is 0.392 e. The van der Waals surface area contributed by atoms with Crippen LogP contribution in [0.25, 0.3) is 0 Å². The monoisotopic (exact) mass is 208 g/mol. The van der Waals surface area contributed by atoms with Gasteiger partial charge in [-0.3, -0.25) is 0 Å². The molecule has 1 aromatic rings. The Hall–Kier alpha value is -0.603. The molecule has 0 saturated carbocycles. The lowest BCUT2D eigenvalue weighted by Crippen LogP contribution is -2.29. The molecular formula is C12H20OSi. The van der Waals surface area contributed by atoms with Crippen molar-refractivity contribution >= 4 is 8.07 Å². The molecule has 0 aliphatic rings. The molecule has 14 heavy (non-hydrogen) atoms. The molecule has 0 saturated heterocycles. The summed E-state index contributed by atoms with van der Waals surface area (Å²) >= 11 is 0. The number of aliphatic hydroxyl groups excluding tert-OH is 1. The molecule has 0 radical (unpaired) electrons. The molecule has 1 rings (SSSR count). The molecule has 0 bridgehead atoms. The van der Waals surface area contributed by atoms with Crippen LogP contribution in [0.3, 0.4) is 0 Å². The molecule has 0 fully saturated rings. The Bertz CT molecular complexity index is 301. The fourth-order valence-corrected chi connectivity index (χ4v) is 2.78. The summed E-state index contributed by atoms with van der Waals surface area (Å²) < 4.78 is 0. The zero-order valence-electron chi connectivity index (χ0n) is 9.54. The minimum Gasteiger partial charge on any atom is -0.392 e. The normalized spacial score (nSPS) is 14.1. The lowest BCUT2D eigenvalue weighted by atomic mass is 10.1. The highest BCUT2D eigenvalue weighted by Gasteiger charge is 2.25. The van der Waals surface area contributed by atoms with Crippen LogP contribution in [0, 0.1) is 0 Å². The van der Waals surface area contributed by atoms with Crippen molar-refractivity contribution in [3.63, 3.8) is 0 Å². The van der Waals surface area contributed by atoms with Crippen LogP contribution >= 0.6 is 0 Å². The van der Waals surface area contributed by atoms with Crippen LogP contribution < -0.4 is 0 Å². The Morgan fingerprint density at radius 1 is 1.21 bits per heavy atom. The minimum atomic E-state index is -1.16. The average molecular weight is 208 g/mol. The number of rotatable bonds is 3. The Morgan fingerprint density at radius 2 is 1.79 bits per heavy atom. The Balaban J connectivity index is 3.06. The molecule has 0 amide bonds. The van der Waals surface area contributed by atoms with Crippen LogP contribution in [0.15, 0.2) is 24.3 Å². The van der Waals surface area contributed by atoms with Gasteiger partial charge in [0.2, 0.25) is 0 Å². The topological polar surface area (TPSA) is 20.2 Å². The van der Waals surface area contributed by atoms with Gasteiger partial charge in [-0.2, -0.15) is 0 Å². The molecule has 2 heteroatoms. The van der Waals surface area contributed by atoms with Gasteiger partial charge >= 0.3 is 0 Å². The molecule has 0 aromatic heterocycles. The average Bonchev–Trinajstić information content (AvgIpc) is 2.15. The van der Waals surface area contributed by atoms with Crippen molar-refractivity contribution in [2.24, 2.45) is 0 Å². The lowest BCUT2D eigenvalue weighted by Gasteiger charge is -2.27. The molecule has 78 valence electrons. The minimum absolute atomic E-state index is 0.158. The van der Waals surface area contributed by atoms with Gasteiger partial charge in [-0.1, -0.05) is 50.8 Å².